The summed E-state index contributed by atoms with van der Waals surface area (Å²) in [5.41, 5.74) is 0. The average molecular weight is 193 g/mol. The molecule has 0 spiro atoms. The summed E-state index contributed by atoms with van der Waals surface area (Å²) < 4.78 is 0. The minimum atomic E-state index is 0.827. The highest BCUT2D eigenvalue weighted by atomic mass is 35.5. The third kappa shape index (κ3) is 10.2. The monoisotopic (exact) mass is 192 g/mol. The lowest BCUT2D eigenvalue weighted by Crippen LogP contribution is -2.39. The normalized spacial score (nSPS) is 16.5. The molecule has 2 nitrogen and oxygen atoms in total. The predicted molar refractivity (Wildman–Crippen MR) is 56.0 cm³/mol. The molecular formula is C9H21ClN2. The van der Waals surface area contributed by atoms with Crippen LogP contribution in [0, 0.1) is 0 Å². The number of halogens is 1. The van der Waals surface area contributed by atoms with E-state index in [-0.39, 0.29) is 0 Å². The van der Waals surface area contributed by atoms with Crippen LogP contribution in [0.1, 0.15) is 26.2 Å². The zero-order valence-electron chi connectivity index (χ0n) is 8.03. The second-order valence-corrected chi connectivity index (χ2v) is 3.27. The zero-order valence-corrected chi connectivity index (χ0v) is 8.79. The molecular weight excluding hydrogens is 172 g/mol. The van der Waals surface area contributed by atoms with E-state index >= 15 is 0 Å². The Hall–Kier alpha value is 0.210. The molecule has 0 bridgehead atoms. The Morgan fingerprint density at radius 2 is 1.50 bits per heavy atom. The van der Waals surface area contributed by atoms with Gasteiger partial charge in [-0.2, -0.15) is 0 Å². The first-order valence-corrected chi connectivity index (χ1v) is 5.42. The van der Waals surface area contributed by atoms with Crippen molar-refractivity contribution < 1.29 is 0 Å². The molecule has 2 N–H and O–H groups in total. The van der Waals surface area contributed by atoms with Gasteiger partial charge in [0.05, 0.1) is 0 Å². The fourth-order valence-corrected chi connectivity index (χ4v) is 1.14. The van der Waals surface area contributed by atoms with Gasteiger partial charge in [0, 0.05) is 32.1 Å². The van der Waals surface area contributed by atoms with Gasteiger partial charge < -0.3 is 10.6 Å². The van der Waals surface area contributed by atoms with Crippen molar-refractivity contribution in [3.63, 3.8) is 0 Å². The molecule has 3 heteroatoms. The Kier molecular flexibility index (Phi) is 11.4. The van der Waals surface area contributed by atoms with Crippen LogP contribution >= 0.6 is 11.6 Å². The van der Waals surface area contributed by atoms with Crippen LogP contribution < -0.4 is 10.6 Å². The van der Waals surface area contributed by atoms with Crippen molar-refractivity contribution in [2.75, 3.05) is 32.1 Å². The third-order valence-electron chi connectivity index (χ3n) is 1.69. The summed E-state index contributed by atoms with van der Waals surface area (Å²) in [6, 6.07) is 0. The van der Waals surface area contributed by atoms with Crippen LogP contribution in [0.3, 0.4) is 0 Å². The molecule has 0 unspecified atom stereocenters. The van der Waals surface area contributed by atoms with Crippen molar-refractivity contribution in [1.82, 2.24) is 10.6 Å². The highest BCUT2D eigenvalue weighted by Gasteiger charge is 1.91. The lowest BCUT2D eigenvalue weighted by Gasteiger charge is -2.11. The Labute approximate surface area is 81.1 Å². The molecule has 0 radical (unpaired) electrons. The highest BCUT2D eigenvalue weighted by molar-refractivity contribution is 6.17. The molecule has 1 saturated heterocycles. The maximum absolute atomic E-state index is 5.38. The van der Waals surface area contributed by atoms with Crippen molar-refractivity contribution in [1.29, 1.82) is 0 Å². The van der Waals surface area contributed by atoms with Gasteiger partial charge in [-0.25, -0.2) is 0 Å². The van der Waals surface area contributed by atoms with Gasteiger partial charge in [0.25, 0.3) is 0 Å². The molecule has 0 aliphatic carbocycles. The molecule has 0 aromatic rings. The van der Waals surface area contributed by atoms with E-state index in [2.05, 4.69) is 17.6 Å². The molecule has 0 amide bonds. The number of hydrogen-bond donors (Lipinski definition) is 2. The minimum absolute atomic E-state index is 0.827. The predicted octanol–water partition coefficient (Wildman–Crippen LogP) is 1.59. The van der Waals surface area contributed by atoms with Crippen LogP contribution in [0.2, 0.25) is 0 Å². The van der Waals surface area contributed by atoms with E-state index in [1.54, 1.807) is 0 Å². The SMILES string of the molecule is C1CNCCN1.CCCCCCl. The Morgan fingerprint density at radius 3 is 1.67 bits per heavy atom. The second-order valence-electron chi connectivity index (χ2n) is 2.90. The summed E-state index contributed by atoms with van der Waals surface area (Å²) in [5, 5.41) is 6.44. The van der Waals surface area contributed by atoms with Gasteiger partial charge in [-0.3, -0.25) is 0 Å². The molecule has 0 aromatic carbocycles. The summed E-state index contributed by atoms with van der Waals surface area (Å²) >= 11 is 5.38. The van der Waals surface area contributed by atoms with E-state index in [4.69, 9.17) is 11.6 Å². The highest BCUT2D eigenvalue weighted by Crippen LogP contribution is 1.93. The number of rotatable bonds is 3. The first-order chi connectivity index (χ1) is 5.91. The van der Waals surface area contributed by atoms with Gasteiger partial charge in [-0.05, 0) is 6.42 Å². The van der Waals surface area contributed by atoms with Gasteiger partial charge >= 0.3 is 0 Å². The van der Waals surface area contributed by atoms with Gasteiger partial charge in [0.1, 0.15) is 0 Å². The van der Waals surface area contributed by atoms with Crippen molar-refractivity contribution in [3.8, 4) is 0 Å². The molecule has 1 heterocycles. The van der Waals surface area contributed by atoms with Gasteiger partial charge in [0.2, 0.25) is 0 Å². The van der Waals surface area contributed by atoms with Crippen LogP contribution in [0.4, 0.5) is 0 Å². The molecule has 0 saturated carbocycles. The first kappa shape index (κ1) is 12.2. The van der Waals surface area contributed by atoms with Gasteiger partial charge in [0.15, 0.2) is 0 Å². The van der Waals surface area contributed by atoms with E-state index in [0.29, 0.717) is 0 Å². The maximum Gasteiger partial charge on any atom is 0.0223 e. The maximum atomic E-state index is 5.38. The summed E-state index contributed by atoms with van der Waals surface area (Å²) in [5.74, 6) is 0.827. The Balaban J connectivity index is 0.000000202. The van der Waals surface area contributed by atoms with Gasteiger partial charge in [-0.15, -0.1) is 11.6 Å². The average Bonchev–Trinajstić information content (AvgIpc) is 2.18. The molecule has 1 rings (SSSR count). The van der Waals surface area contributed by atoms with E-state index in [1.165, 1.54) is 19.3 Å². The van der Waals surface area contributed by atoms with E-state index in [1.807, 2.05) is 0 Å². The van der Waals surface area contributed by atoms with E-state index in [9.17, 15) is 0 Å². The fourth-order valence-electron chi connectivity index (χ4n) is 0.948. The summed E-state index contributed by atoms with van der Waals surface area (Å²) in [6.45, 7) is 6.73. The lowest BCUT2D eigenvalue weighted by atomic mass is 10.3. The van der Waals surface area contributed by atoms with Crippen molar-refractivity contribution in [3.05, 3.63) is 0 Å². The number of alkyl halides is 1. The quantitative estimate of drug-likeness (QED) is 0.525. The molecule has 74 valence electrons. The summed E-state index contributed by atoms with van der Waals surface area (Å²) in [4.78, 5) is 0. The third-order valence-corrected chi connectivity index (χ3v) is 1.96. The number of unbranched alkanes of at least 4 members (excludes halogenated alkanes) is 2. The fraction of sp³-hybridized carbons (Fsp3) is 1.00. The van der Waals surface area contributed by atoms with Crippen molar-refractivity contribution in [2.24, 2.45) is 0 Å². The molecule has 1 fully saturated rings. The van der Waals surface area contributed by atoms with Crippen LogP contribution in [0.5, 0.6) is 0 Å². The number of hydrogen-bond acceptors (Lipinski definition) is 2. The smallest absolute Gasteiger partial charge is 0.0223 e. The zero-order chi connectivity index (χ0) is 9.07. The minimum Gasteiger partial charge on any atom is -0.314 e. The molecule has 12 heavy (non-hydrogen) atoms. The van der Waals surface area contributed by atoms with Gasteiger partial charge in [-0.1, -0.05) is 19.8 Å². The first-order valence-electron chi connectivity index (χ1n) is 4.89. The van der Waals surface area contributed by atoms with Crippen LogP contribution in [0.25, 0.3) is 0 Å². The summed E-state index contributed by atoms with van der Waals surface area (Å²) in [7, 11) is 0. The Bertz CT molecular complexity index is 59.4. The molecule has 0 aromatic heterocycles. The largest absolute Gasteiger partial charge is 0.314 e. The van der Waals surface area contributed by atoms with Crippen LogP contribution in [0.15, 0.2) is 0 Å². The topological polar surface area (TPSA) is 24.1 Å². The van der Waals surface area contributed by atoms with Crippen molar-refractivity contribution >= 4 is 11.6 Å². The van der Waals surface area contributed by atoms with Crippen LogP contribution in [-0.2, 0) is 0 Å². The molecule has 1 aliphatic rings. The van der Waals surface area contributed by atoms with E-state index in [0.717, 1.165) is 32.1 Å². The van der Waals surface area contributed by atoms with Crippen LogP contribution in [-0.4, -0.2) is 32.1 Å². The number of nitrogens with one attached hydrogen (secondary N) is 2. The van der Waals surface area contributed by atoms with E-state index < -0.39 is 0 Å². The van der Waals surface area contributed by atoms with Crippen molar-refractivity contribution in [2.45, 2.75) is 26.2 Å². The molecule has 1 aliphatic heterocycles. The lowest BCUT2D eigenvalue weighted by molar-refractivity contribution is 0.534. The molecule has 0 atom stereocenters. The second kappa shape index (κ2) is 11.2. The summed E-state index contributed by atoms with van der Waals surface area (Å²) in [6.07, 6.45) is 3.73. The number of piperazine rings is 1. The Morgan fingerprint density at radius 1 is 1.00 bits per heavy atom. The standard InChI is InChI=1S/C5H11Cl.C4H10N2/c1-2-3-4-5-6;1-2-6-4-3-5-1/h2-5H2,1H3;5-6H,1-4H2.